The lowest BCUT2D eigenvalue weighted by Crippen LogP contribution is -2.13. The molecule has 2 aromatic carbocycles. The molecule has 0 amide bonds. The molecule has 0 bridgehead atoms. The zero-order valence-corrected chi connectivity index (χ0v) is 18.3. The summed E-state index contributed by atoms with van der Waals surface area (Å²) >= 11 is 0. The number of hydrogen-bond acceptors (Lipinski definition) is 1. The summed E-state index contributed by atoms with van der Waals surface area (Å²) < 4.78 is 20.4. The first kappa shape index (κ1) is 21.9. The van der Waals surface area contributed by atoms with Crippen LogP contribution in [-0.2, 0) is 13.0 Å². The van der Waals surface area contributed by atoms with Crippen molar-refractivity contribution in [3.8, 4) is 5.75 Å². The minimum atomic E-state index is -0.227. The Kier molecular flexibility index (Phi) is 8.58. The molecule has 0 spiro atoms. The number of ether oxygens (including phenoxy) is 1. The van der Waals surface area contributed by atoms with Crippen LogP contribution in [0.25, 0.3) is 0 Å². The normalized spacial score (nSPS) is 19.3. The van der Waals surface area contributed by atoms with Gasteiger partial charge in [-0.15, -0.1) is 0 Å². The average Bonchev–Trinajstić information content (AvgIpc) is 2.75. The summed E-state index contributed by atoms with van der Waals surface area (Å²) in [4.78, 5) is 0. The van der Waals surface area contributed by atoms with Gasteiger partial charge in [0.05, 0.1) is 0 Å². The van der Waals surface area contributed by atoms with Gasteiger partial charge >= 0.3 is 0 Å². The zero-order valence-electron chi connectivity index (χ0n) is 18.3. The number of rotatable bonds is 10. The van der Waals surface area contributed by atoms with Gasteiger partial charge in [0.25, 0.3) is 0 Å². The molecule has 0 aromatic heterocycles. The summed E-state index contributed by atoms with van der Waals surface area (Å²) in [6, 6.07) is 14.0. The Balaban J connectivity index is 1.50. The van der Waals surface area contributed by atoms with Gasteiger partial charge in [0.2, 0.25) is 0 Å². The van der Waals surface area contributed by atoms with E-state index < -0.39 is 0 Å². The summed E-state index contributed by atoms with van der Waals surface area (Å²) in [5.41, 5.74) is 3.56. The molecule has 3 rings (SSSR count). The van der Waals surface area contributed by atoms with Crippen LogP contribution in [0.5, 0.6) is 5.75 Å². The molecule has 2 heteroatoms. The van der Waals surface area contributed by atoms with E-state index in [1.807, 2.05) is 6.07 Å². The first-order valence-corrected chi connectivity index (χ1v) is 11.7. The van der Waals surface area contributed by atoms with Crippen molar-refractivity contribution >= 4 is 0 Å². The van der Waals surface area contributed by atoms with Crippen LogP contribution in [0.2, 0.25) is 0 Å². The molecule has 1 fully saturated rings. The van der Waals surface area contributed by atoms with Crippen LogP contribution in [-0.4, -0.2) is 0 Å². The molecule has 0 N–H and O–H groups in total. The zero-order chi connectivity index (χ0) is 20.5. The van der Waals surface area contributed by atoms with Crippen molar-refractivity contribution in [2.45, 2.75) is 90.6 Å². The molecule has 0 saturated heterocycles. The number of halogens is 1. The fourth-order valence-corrected chi connectivity index (χ4v) is 4.61. The summed E-state index contributed by atoms with van der Waals surface area (Å²) in [5, 5.41) is 0. The molecule has 29 heavy (non-hydrogen) atoms. The predicted octanol–water partition coefficient (Wildman–Crippen LogP) is 8.21. The maximum Gasteiger partial charge on any atom is 0.165 e. The summed E-state index contributed by atoms with van der Waals surface area (Å²) in [5.74, 6) is 1.52. The molecule has 0 heterocycles. The Labute approximate surface area is 176 Å². The van der Waals surface area contributed by atoms with Crippen LogP contribution in [0.3, 0.4) is 0 Å². The standard InChI is InChI=1S/C27H37FO/c1-3-5-6-8-22-13-15-24(16-14-22)25-17-18-27(26(28)19-25)29-20-23-11-9-21(7-4-2)10-12-23/h9-12,17-19,22,24H,3-8,13-16,20H2,1-2H3/t22-,24-. The summed E-state index contributed by atoms with van der Waals surface area (Å²) in [6.45, 7) is 4.86. The Morgan fingerprint density at radius 1 is 0.862 bits per heavy atom. The molecule has 0 unspecified atom stereocenters. The molecule has 1 aliphatic rings. The topological polar surface area (TPSA) is 9.23 Å². The number of benzene rings is 2. The summed E-state index contributed by atoms with van der Waals surface area (Å²) in [6.07, 6.45) is 12.6. The third-order valence-corrected chi connectivity index (χ3v) is 6.45. The third kappa shape index (κ3) is 6.59. The maximum absolute atomic E-state index is 14.6. The van der Waals surface area contributed by atoms with Crippen LogP contribution in [0.1, 0.15) is 94.2 Å². The van der Waals surface area contributed by atoms with Crippen molar-refractivity contribution in [1.29, 1.82) is 0 Å². The SMILES string of the molecule is CCCCC[C@H]1CC[C@H](c2ccc(OCc3ccc(CCC)cc3)c(F)c2)CC1. The lowest BCUT2D eigenvalue weighted by Gasteiger charge is -2.29. The van der Waals surface area contributed by atoms with Crippen LogP contribution in [0, 0.1) is 11.7 Å². The van der Waals surface area contributed by atoms with E-state index in [0.717, 1.165) is 29.9 Å². The highest BCUT2D eigenvalue weighted by Gasteiger charge is 2.23. The van der Waals surface area contributed by atoms with E-state index in [4.69, 9.17) is 4.74 Å². The smallest absolute Gasteiger partial charge is 0.165 e. The first-order chi connectivity index (χ1) is 14.2. The molecule has 0 aliphatic heterocycles. The van der Waals surface area contributed by atoms with E-state index in [2.05, 4.69) is 44.2 Å². The fourth-order valence-electron chi connectivity index (χ4n) is 4.61. The van der Waals surface area contributed by atoms with E-state index in [0.29, 0.717) is 18.3 Å². The van der Waals surface area contributed by atoms with E-state index >= 15 is 0 Å². The minimum Gasteiger partial charge on any atom is -0.486 e. The van der Waals surface area contributed by atoms with Crippen molar-refractivity contribution in [1.82, 2.24) is 0 Å². The predicted molar refractivity (Wildman–Crippen MR) is 120 cm³/mol. The Morgan fingerprint density at radius 3 is 2.24 bits per heavy atom. The lowest BCUT2D eigenvalue weighted by molar-refractivity contribution is 0.287. The fraction of sp³-hybridized carbons (Fsp3) is 0.556. The van der Waals surface area contributed by atoms with Crippen molar-refractivity contribution in [3.63, 3.8) is 0 Å². The highest BCUT2D eigenvalue weighted by atomic mass is 19.1. The van der Waals surface area contributed by atoms with Gasteiger partial charge in [0.15, 0.2) is 11.6 Å². The Morgan fingerprint density at radius 2 is 1.59 bits per heavy atom. The van der Waals surface area contributed by atoms with Crippen LogP contribution in [0.4, 0.5) is 4.39 Å². The van der Waals surface area contributed by atoms with E-state index in [9.17, 15) is 4.39 Å². The third-order valence-electron chi connectivity index (χ3n) is 6.45. The van der Waals surface area contributed by atoms with Gasteiger partial charge < -0.3 is 4.74 Å². The van der Waals surface area contributed by atoms with Gasteiger partial charge in [0, 0.05) is 0 Å². The van der Waals surface area contributed by atoms with Crippen LogP contribution in [0.15, 0.2) is 42.5 Å². The number of unbranched alkanes of at least 4 members (excludes halogenated alkanes) is 2. The second-order valence-electron chi connectivity index (χ2n) is 8.76. The van der Waals surface area contributed by atoms with E-state index in [1.165, 1.54) is 56.9 Å². The van der Waals surface area contributed by atoms with Gasteiger partial charge in [-0.25, -0.2) is 4.39 Å². The van der Waals surface area contributed by atoms with Crippen LogP contribution < -0.4 is 4.74 Å². The second kappa shape index (κ2) is 11.4. The molecule has 1 aliphatic carbocycles. The molecule has 1 saturated carbocycles. The van der Waals surface area contributed by atoms with Gasteiger partial charge in [-0.1, -0.05) is 76.3 Å². The van der Waals surface area contributed by atoms with Crippen molar-refractivity contribution in [2.75, 3.05) is 0 Å². The largest absolute Gasteiger partial charge is 0.486 e. The highest BCUT2D eigenvalue weighted by Crippen LogP contribution is 2.38. The highest BCUT2D eigenvalue weighted by molar-refractivity contribution is 5.32. The number of aryl methyl sites for hydroxylation is 1. The minimum absolute atomic E-state index is 0.227. The molecule has 0 atom stereocenters. The molecular formula is C27H37FO. The molecule has 2 aromatic rings. The second-order valence-corrected chi connectivity index (χ2v) is 8.76. The number of hydrogen-bond donors (Lipinski definition) is 0. The van der Waals surface area contributed by atoms with E-state index in [-0.39, 0.29) is 5.82 Å². The molecule has 1 nitrogen and oxygen atoms in total. The van der Waals surface area contributed by atoms with Gasteiger partial charge in [0.1, 0.15) is 6.61 Å². The lowest BCUT2D eigenvalue weighted by atomic mass is 9.77. The Bertz CT molecular complexity index is 729. The van der Waals surface area contributed by atoms with Crippen molar-refractivity contribution in [3.05, 3.63) is 65.0 Å². The maximum atomic E-state index is 14.6. The van der Waals surface area contributed by atoms with Crippen LogP contribution >= 0.6 is 0 Å². The molecular weight excluding hydrogens is 359 g/mol. The van der Waals surface area contributed by atoms with Crippen molar-refractivity contribution in [2.24, 2.45) is 5.92 Å². The average molecular weight is 397 g/mol. The monoisotopic (exact) mass is 396 g/mol. The summed E-state index contributed by atoms with van der Waals surface area (Å²) in [7, 11) is 0. The molecule has 0 radical (unpaired) electrons. The van der Waals surface area contributed by atoms with E-state index in [1.54, 1.807) is 6.07 Å². The Hall–Kier alpha value is -1.83. The molecule has 158 valence electrons. The quantitative estimate of drug-likeness (QED) is 0.368. The van der Waals surface area contributed by atoms with Gasteiger partial charge in [-0.05, 0) is 72.8 Å². The van der Waals surface area contributed by atoms with Crippen molar-refractivity contribution < 1.29 is 9.13 Å². The van der Waals surface area contributed by atoms with Gasteiger partial charge in [-0.3, -0.25) is 0 Å². The first-order valence-electron chi connectivity index (χ1n) is 11.7. The van der Waals surface area contributed by atoms with Gasteiger partial charge in [-0.2, -0.15) is 0 Å².